The van der Waals surface area contributed by atoms with Gasteiger partial charge in [-0.25, -0.2) is 27.7 Å². The average Bonchev–Trinajstić information content (AvgIpc) is 3.21. The molecule has 3 unspecified atom stereocenters. The van der Waals surface area contributed by atoms with Crippen molar-refractivity contribution < 1.29 is 40.7 Å². The van der Waals surface area contributed by atoms with Gasteiger partial charge in [-0.1, -0.05) is 18.5 Å². The summed E-state index contributed by atoms with van der Waals surface area (Å²) in [7, 11) is -4.18. The Hall–Kier alpha value is -3.26. The van der Waals surface area contributed by atoms with E-state index in [1.807, 2.05) is 4.72 Å². The largest absolute Gasteiger partial charge is 0.446 e. The second-order valence-corrected chi connectivity index (χ2v) is 13.0. The Balaban J connectivity index is 1.75. The van der Waals surface area contributed by atoms with E-state index in [1.165, 1.54) is 37.4 Å². The number of nitrogens with zero attached hydrogens (tertiary/aromatic N) is 1. The molecule has 2 amide bonds. The molecule has 226 valence electrons. The van der Waals surface area contributed by atoms with Gasteiger partial charge in [0, 0.05) is 24.2 Å². The number of carbonyl (C=O) groups is 2. The standard InChI is InChI=1S/C26H32ClF3N4O6S/c1-14(12-26(28,29)30)21-18(9-10-20(21)39-23(31)35)15-11-19(27)22(32-13-15)33-16-5-7-17(8-6-16)41(37,38)34-24(36)40-25(2,3)4/h5-8,11,13-14,18,20-21H,9-10,12H2,1-4H3,(H2,31,35)(H,32,33)(H,34,36)/t14-,18?,20?,21?/m0/s1. The molecule has 1 aliphatic rings. The number of primary amides is 1. The molecule has 0 aliphatic heterocycles. The zero-order valence-corrected chi connectivity index (χ0v) is 24.4. The highest BCUT2D eigenvalue weighted by atomic mass is 35.5. The summed E-state index contributed by atoms with van der Waals surface area (Å²) < 4.78 is 76.5. The molecule has 1 aromatic carbocycles. The maximum Gasteiger partial charge on any atom is 0.421 e. The number of anilines is 2. The smallest absolute Gasteiger partial charge is 0.421 e. The fraction of sp³-hybridized carbons (Fsp3) is 0.500. The molecule has 3 rings (SSSR count). The number of carbonyl (C=O) groups excluding carboxylic acids is 2. The van der Waals surface area contributed by atoms with Gasteiger partial charge in [-0.15, -0.1) is 0 Å². The van der Waals surface area contributed by atoms with Crippen molar-refractivity contribution in [3.63, 3.8) is 0 Å². The third kappa shape index (κ3) is 9.12. The van der Waals surface area contributed by atoms with Gasteiger partial charge in [0.1, 0.15) is 17.5 Å². The molecule has 1 aliphatic carbocycles. The van der Waals surface area contributed by atoms with E-state index in [2.05, 4.69) is 10.3 Å². The number of sulfonamides is 1. The summed E-state index contributed by atoms with van der Waals surface area (Å²) in [4.78, 5) is 27.4. The van der Waals surface area contributed by atoms with Crippen molar-refractivity contribution in [2.75, 3.05) is 5.32 Å². The normalized spacial score (nSPS) is 20.2. The molecule has 4 N–H and O–H groups in total. The number of hydrogen-bond acceptors (Lipinski definition) is 8. The van der Waals surface area contributed by atoms with E-state index in [0.717, 1.165) is 0 Å². The van der Waals surface area contributed by atoms with E-state index in [9.17, 15) is 31.2 Å². The second-order valence-electron chi connectivity index (χ2n) is 10.9. The molecule has 1 aromatic heterocycles. The van der Waals surface area contributed by atoms with Crippen molar-refractivity contribution in [2.45, 2.75) is 75.7 Å². The quantitative estimate of drug-likeness (QED) is 0.314. The van der Waals surface area contributed by atoms with E-state index in [1.54, 1.807) is 26.8 Å². The summed E-state index contributed by atoms with van der Waals surface area (Å²) in [5, 5.41) is 3.13. The summed E-state index contributed by atoms with van der Waals surface area (Å²) >= 11 is 6.46. The first-order chi connectivity index (χ1) is 18.8. The molecule has 15 heteroatoms. The second kappa shape index (κ2) is 12.3. The van der Waals surface area contributed by atoms with Crippen LogP contribution in [0, 0.1) is 11.8 Å². The Kier molecular flexibility index (Phi) is 9.69. The minimum atomic E-state index is -4.39. The Bertz CT molecular complexity index is 1370. The molecule has 0 saturated heterocycles. The van der Waals surface area contributed by atoms with E-state index in [4.69, 9.17) is 26.8 Å². The van der Waals surface area contributed by atoms with Gasteiger partial charge in [-0.05, 0) is 81.3 Å². The fourth-order valence-corrected chi connectivity index (χ4v) is 6.09. The number of nitrogens with one attached hydrogen (secondary N) is 2. The summed E-state index contributed by atoms with van der Waals surface area (Å²) in [5.41, 5.74) is 5.29. The highest BCUT2D eigenvalue weighted by Crippen LogP contribution is 2.48. The fourth-order valence-electron chi connectivity index (χ4n) is 5.00. The number of benzene rings is 1. The maximum atomic E-state index is 13.2. The van der Waals surface area contributed by atoms with Gasteiger partial charge in [0.2, 0.25) is 0 Å². The van der Waals surface area contributed by atoms with Gasteiger partial charge in [0.05, 0.1) is 9.92 Å². The lowest BCUT2D eigenvalue weighted by Crippen LogP contribution is -2.36. The highest BCUT2D eigenvalue weighted by Gasteiger charge is 2.45. The Labute approximate surface area is 241 Å². The highest BCUT2D eigenvalue weighted by molar-refractivity contribution is 7.90. The van der Waals surface area contributed by atoms with Gasteiger partial charge < -0.3 is 20.5 Å². The van der Waals surface area contributed by atoms with Gasteiger partial charge in [0.25, 0.3) is 10.0 Å². The monoisotopic (exact) mass is 620 g/mol. The van der Waals surface area contributed by atoms with Crippen LogP contribution in [0.5, 0.6) is 0 Å². The van der Waals surface area contributed by atoms with E-state index >= 15 is 0 Å². The maximum absolute atomic E-state index is 13.2. The van der Waals surface area contributed by atoms with Gasteiger partial charge in [-0.3, -0.25) is 0 Å². The van der Waals surface area contributed by atoms with Crippen molar-refractivity contribution >= 4 is 45.3 Å². The molecule has 0 radical (unpaired) electrons. The molecule has 4 atom stereocenters. The van der Waals surface area contributed by atoms with E-state index < -0.39 is 64.3 Å². The first kappa shape index (κ1) is 32.3. The van der Waals surface area contributed by atoms with Crippen molar-refractivity contribution in [3.05, 3.63) is 47.1 Å². The number of hydrogen-bond donors (Lipinski definition) is 3. The number of nitrogens with two attached hydrogens (primary N) is 1. The predicted octanol–water partition coefficient (Wildman–Crippen LogP) is 6.24. The van der Waals surface area contributed by atoms with Crippen LogP contribution in [0.2, 0.25) is 5.02 Å². The predicted molar refractivity (Wildman–Crippen MR) is 145 cm³/mol. The molecular weight excluding hydrogens is 589 g/mol. The first-order valence-electron chi connectivity index (χ1n) is 12.7. The third-order valence-electron chi connectivity index (χ3n) is 6.47. The van der Waals surface area contributed by atoms with Gasteiger partial charge in [0.15, 0.2) is 0 Å². The van der Waals surface area contributed by atoms with Crippen LogP contribution in [0.4, 0.5) is 34.3 Å². The molecule has 41 heavy (non-hydrogen) atoms. The van der Waals surface area contributed by atoms with Crippen molar-refractivity contribution in [1.82, 2.24) is 9.71 Å². The zero-order chi connectivity index (χ0) is 30.8. The number of aromatic nitrogens is 1. The van der Waals surface area contributed by atoms with E-state index in [0.29, 0.717) is 24.1 Å². The van der Waals surface area contributed by atoms with Crippen LogP contribution < -0.4 is 15.8 Å². The van der Waals surface area contributed by atoms with Crippen LogP contribution in [0.15, 0.2) is 41.4 Å². The molecule has 2 aromatic rings. The Morgan fingerprint density at radius 2 is 1.80 bits per heavy atom. The van der Waals surface area contributed by atoms with Crippen LogP contribution in [-0.2, 0) is 19.5 Å². The van der Waals surface area contributed by atoms with Crippen molar-refractivity contribution in [3.8, 4) is 0 Å². The number of rotatable bonds is 8. The van der Waals surface area contributed by atoms with Crippen LogP contribution >= 0.6 is 11.6 Å². The molecule has 0 spiro atoms. The minimum Gasteiger partial charge on any atom is -0.446 e. The van der Waals surface area contributed by atoms with Crippen LogP contribution in [0.3, 0.4) is 0 Å². The summed E-state index contributed by atoms with van der Waals surface area (Å²) in [6.07, 6.45) is -6.09. The molecule has 10 nitrogen and oxygen atoms in total. The Morgan fingerprint density at radius 1 is 1.17 bits per heavy atom. The number of pyridine rings is 1. The number of ether oxygens (including phenoxy) is 2. The molecule has 1 heterocycles. The number of halogens is 4. The Morgan fingerprint density at radius 3 is 2.34 bits per heavy atom. The number of amides is 2. The van der Waals surface area contributed by atoms with Crippen LogP contribution in [0.1, 0.15) is 58.4 Å². The molecule has 1 saturated carbocycles. The lowest BCUT2D eigenvalue weighted by molar-refractivity contribution is -0.149. The average molecular weight is 621 g/mol. The third-order valence-corrected chi connectivity index (χ3v) is 8.08. The SMILES string of the molecule is C[C@@H](CC(F)(F)F)C1C(OC(N)=O)CCC1c1cnc(Nc2ccc(S(=O)(=O)NC(=O)OC(C)(C)C)cc2)c(Cl)c1. The van der Waals surface area contributed by atoms with Crippen LogP contribution in [-0.4, -0.2) is 43.5 Å². The number of alkyl halides is 3. The zero-order valence-electron chi connectivity index (χ0n) is 22.8. The van der Waals surface area contributed by atoms with Crippen molar-refractivity contribution in [1.29, 1.82) is 0 Å². The topological polar surface area (TPSA) is 150 Å². The lowest BCUT2D eigenvalue weighted by Gasteiger charge is -2.31. The van der Waals surface area contributed by atoms with Gasteiger partial charge in [-0.2, -0.15) is 13.2 Å². The summed E-state index contributed by atoms with van der Waals surface area (Å²) in [5.74, 6) is -1.69. The lowest BCUT2D eigenvalue weighted by atomic mass is 9.79. The molecular formula is C26H32ClF3N4O6S. The van der Waals surface area contributed by atoms with E-state index in [-0.39, 0.29) is 15.7 Å². The van der Waals surface area contributed by atoms with Crippen LogP contribution in [0.25, 0.3) is 0 Å². The van der Waals surface area contributed by atoms with Crippen molar-refractivity contribution in [2.24, 2.45) is 17.6 Å². The molecule has 1 fully saturated rings. The first-order valence-corrected chi connectivity index (χ1v) is 14.5. The summed E-state index contributed by atoms with van der Waals surface area (Å²) in [6.45, 7) is 6.26. The van der Waals surface area contributed by atoms with Gasteiger partial charge >= 0.3 is 18.4 Å². The molecule has 0 bridgehead atoms. The summed E-state index contributed by atoms with van der Waals surface area (Å²) in [6, 6.07) is 6.99. The minimum absolute atomic E-state index is 0.173.